The van der Waals surface area contributed by atoms with E-state index in [1.807, 2.05) is 67.6 Å². The van der Waals surface area contributed by atoms with E-state index in [0.29, 0.717) is 24.7 Å². The Morgan fingerprint density at radius 1 is 0.732 bits per heavy atom. The number of sulfone groups is 1. The van der Waals surface area contributed by atoms with Crippen molar-refractivity contribution < 1.29 is 8.42 Å². The maximum atomic E-state index is 14.3. The summed E-state index contributed by atoms with van der Waals surface area (Å²) >= 11 is 0. The van der Waals surface area contributed by atoms with Crippen molar-refractivity contribution in [1.29, 1.82) is 0 Å². The molecule has 0 N–H and O–H groups in total. The summed E-state index contributed by atoms with van der Waals surface area (Å²) in [5.74, 6) is 1.05. The molecule has 0 aliphatic rings. The molecule has 5 aromatic rings. The molecule has 0 aliphatic carbocycles. The molecule has 0 atom stereocenters. The maximum Gasteiger partial charge on any atom is 0.225 e. The van der Waals surface area contributed by atoms with Gasteiger partial charge in [0.1, 0.15) is 5.82 Å². The largest absolute Gasteiger partial charge is 0.346 e. The van der Waals surface area contributed by atoms with Crippen LogP contribution in [0, 0.1) is 6.92 Å². The first kappa shape index (κ1) is 28.4. The molecule has 41 heavy (non-hydrogen) atoms. The average Bonchev–Trinajstić information content (AvgIpc) is 3.31. The summed E-state index contributed by atoms with van der Waals surface area (Å²) in [6, 6.07) is 35.5. The molecular weight excluding hydrogens is 526 g/mol. The molecule has 0 spiro atoms. The first-order valence-electron chi connectivity index (χ1n) is 13.9. The Labute approximate surface area is 244 Å². The molecule has 5 nitrogen and oxygen atoms in total. The summed E-state index contributed by atoms with van der Waals surface area (Å²) in [5.41, 5.74) is 5.23. The van der Waals surface area contributed by atoms with Crippen LogP contribution in [-0.2, 0) is 35.4 Å². The Bertz CT molecular complexity index is 1680. The van der Waals surface area contributed by atoms with E-state index in [0.717, 1.165) is 22.3 Å². The summed E-state index contributed by atoms with van der Waals surface area (Å²) in [5, 5.41) is 0.183. The normalized spacial score (nSPS) is 11.9. The second-order valence-electron chi connectivity index (χ2n) is 11.6. The van der Waals surface area contributed by atoms with Gasteiger partial charge in [-0.05, 0) is 41.2 Å². The average molecular weight is 564 g/mol. The molecule has 0 fully saturated rings. The van der Waals surface area contributed by atoms with Gasteiger partial charge in [0.15, 0.2) is 10.8 Å². The summed E-state index contributed by atoms with van der Waals surface area (Å²) in [4.78, 5) is 7.40. The van der Waals surface area contributed by atoms with Crippen LogP contribution in [0.2, 0.25) is 0 Å². The van der Waals surface area contributed by atoms with Crippen molar-refractivity contribution in [2.24, 2.45) is 7.05 Å². The molecule has 6 heteroatoms. The lowest BCUT2D eigenvalue weighted by atomic mass is 9.87. The van der Waals surface area contributed by atoms with Gasteiger partial charge in [0, 0.05) is 25.7 Å². The van der Waals surface area contributed by atoms with Crippen LogP contribution in [0.25, 0.3) is 11.4 Å². The second kappa shape index (κ2) is 11.4. The number of anilines is 1. The number of rotatable bonds is 8. The lowest BCUT2D eigenvalue weighted by Gasteiger charge is -2.24. The number of aromatic nitrogens is 2. The number of imidazole rings is 1. The van der Waals surface area contributed by atoms with Gasteiger partial charge in [0.25, 0.3) is 0 Å². The summed E-state index contributed by atoms with van der Waals surface area (Å²) in [6.45, 7) is 9.50. The van der Waals surface area contributed by atoms with Crippen molar-refractivity contribution in [2.75, 3.05) is 4.90 Å². The van der Waals surface area contributed by atoms with Crippen LogP contribution in [0.1, 0.15) is 43.0 Å². The summed E-state index contributed by atoms with van der Waals surface area (Å²) in [7, 11) is -2.11. The van der Waals surface area contributed by atoms with Crippen molar-refractivity contribution in [3.63, 3.8) is 0 Å². The van der Waals surface area contributed by atoms with Crippen LogP contribution >= 0.6 is 0 Å². The third kappa shape index (κ3) is 6.13. The third-order valence-corrected chi connectivity index (χ3v) is 9.21. The van der Waals surface area contributed by atoms with Gasteiger partial charge in [-0.1, -0.05) is 123 Å². The van der Waals surface area contributed by atoms with E-state index < -0.39 is 9.84 Å². The zero-order valence-corrected chi connectivity index (χ0v) is 25.2. The van der Waals surface area contributed by atoms with Gasteiger partial charge in [-0.15, -0.1) is 0 Å². The molecule has 0 radical (unpaired) electrons. The predicted octanol–water partition coefficient (Wildman–Crippen LogP) is 7.73. The Morgan fingerprint density at radius 3 is 1.73 bits per heavy atom. The van der Waals surface area contributed by atoms with Crippen molar-refractivity contribution in [3.05, 3.63) is 131 Å². The van der Waals surface area contributed by atoms with Gasteiger partial charge >= 0.3 is 0 Å². The fourth-order valence-electron chi connectivity index (χ4n) is 5.00. The second-order valence-corrected chi connectivity index (χ2v) is 13.5. The minimum absolute atomic E-state index is 0.00737. The highest BCUT2D eigenvalue weighted by Gasteiger charge is 2.32. The lowest BCUT2D eigenvalue weighted by molar-refractivity contribution is 0.585. The first-order chi connectivity index (χ1) is 19.5. The quantitative estimate of drug-likeness (QED) is 0.194. The number of nitrogens with zero attached hydrogens (tertiary/aromatic N) is 3. The zero-order valence-electron chi connectivity index (χ0n) is 24.4. The molecule has 0 aliphatic heterocycles. The molecule has 0 unspecified atom stereocenters. The highest BCUT2D eigenvalue weighted by atomic mass is 32.2. The van der Waals surface area contributed by atoms with E-state index in [2.05, 4.69) is 62.1 Å². The van der Waals surface area contributed by atoms with Crippen molar-refractivity contribution in [2.45, 2.75) is 56.1 Å². The molecule has 0 saturated heterocycles. The van der Waals surface area contributed by atoms with Crippen LogP contribution in [0.4, 0.5) is 5.82 Å². The lowest BCUT2D eigenvalue weighted by Crippen LogP contribution is -2.25. The number of hydrogen-bond donors (Lipinski definition) is 0. The third-order valence-electron chi connectivity index (χ3n) is 7.35. The van der Waals surface area contributed by atoms with E-state index in [-0.39, 0.29) is 15.3 Å². The first-order valence-corrected chi connectivity index (χ1v) is 15.3. The van der Waals surface area contributed by atoms with E-state index >= 15 is 0 Å². The van der Waals surface area contributed by atoms with Crippen LogP contribution in [-0.4, -0.2) is 18.0 Å². The van der Waals surface area contributed by atoms with Crippen LogP contribution in [0.3, 0.4) is 0 Å². The van der Waals surface area contributed by atoms with E-state index in [1.165, 1.54) is 5.56 Å². The van der Waals surface area contributed by atoms with Gasteiger partial charge in [0.05, 0.1) is 4.90 Å². The number of aryl methyl sites for hydroxylation is 1. The SMILES string of the molecule is Cc1ccc(S(=O)(=O)c2c(N(Cc3ccccc3)Cc3ccccc3)nc(-c3ccc(C(C)(C)C)cc3)n2C)cc1. The molecule has 5 rings (SSSR count). The smallest absolute Gasteiger partial charge is 0.225 e. The fraction of sp³-hybridized carbons (Fsp3) is 0.229. The van der Waals surface area contributed by atoms with Gasteiger partial charge in [0.2, 0.25) is 9.84 Å². The zero-order chi connectivity index (χ0) is 29.2. The van der Waals surface area contributed by atoms with E-state index in [1.54, 1.807) is 23.7 Å². The molecule has 0 amide bonds. The van der Waals surface area contributed by atoms with Gasteiger partial charge in [-0.25, -0.2) is 13.4 Å². The van der Waals surface area contributed by atoms with Gasteiger partial charge < -0.3 is 9.47 Å². The topological polar surface area (TPSA) is 55.2 Å². The molecule has 0 saturated carbocycles. The summed E-state index contributed by atoms with van der Waals surface area (Å²) < 4.78 is 30.4. The Balaban J connectivity index is 1.71. The molecule has 1 heterocycles. The van der Waals surface area contributed by atoms with Crippen molar-refractivity contribution in [3.8, 4) is 11.4 Å². The molecular formula is C35H37N3O2S. The maximum absolute atomic E-state index is 14.3. The number of benzene rings is 4. The fourth-order valence-corrected chi connectivity index (χ4v) is 6.58. The minimum atomic E-state index is -3.91. The van der Waals surface area contributed by atoms with E-state index in [9.17, 15) is 8.42 Å². The monoisotopic (exact) mass is 563 g/mol. The van der Waals surface area contributed by atoms with Crippen LogP contribution in [0.15, 0.2) is 119 Å². The van der Waals surface area contributed by atoms with Gasteiger partial charge in [-0.2, -0.15) is 0 Å². The van der Waals surface area contributed by atoms with Crippen molar-refractivity contribution >= 4 is 15.7 Å². The molecule has 0 bridgehead atoms. The molecule has 1 aromatic heterocycles. The predicted molar refractivity (Wildman–Crippen MR) is 167 cm³/mol. The Kier molecular flexibility index (Phi) is 7.87. The van der Waals surface area contributed by atoms with Crippen molar-refractivity contribution in [1.82, 2.24) is 9.55 Å². The minimum Gasteiger partial charge on any atom is -0.346 e. The highest BCUT2D eigenvalue weighted by molar-refractivity contribution is 7.91. The molecule has 210 valence electrons. The molecule has 4 aromatic carbocycles. The summed E-state index contributed by atoms with van der Waals surface area (Å²) in [6.07, 6.45) is 0. The van der Waals surface area contributed by atoms with E-state index in [4.69, 9.17) is 4.98 Å². The standard InChI is InChI=1S/C35H37N3O2S/c1-26-16-22-31(23-17-26)41(39,40)34-33(36-32(37(34)5)29-18-20-30(21-19-29)35(2,3)4)38(24-27-12-8-6-9-13-27)25-28-14-10-7-11-15-28/h6-23H,24-25H2,1-5H3. The Morgan fingerprint density at radius 2 is 1.24 bits per heavy atom. The van der Waals surface area contributed by atoms with Gasteiger partial charge in [-0.3, -0.25) is 0 Å². The highest BCUT2D eigenvalue weighted by Crippen LogP contribution is 2.36. The Hall–Kier alpha value is -4.16. The number of hydrogen-bond acceptors (Lipinski definition) is 4. The van der Waals surface area contributed by atoms with Crippen LogP contribution < -0.4 is 4.90 Å². The van der Waals surface area contributed by atoms with Crippen LogP contribution in [0.5, 0.6) is 0 Å².